The van der Waals surface area contributed by atoms with Gasteiger partial charge in [0.05, 0.1) is 0 Å². The summed E-state index contributed by atoms with van der Waals surface area (Å²) in [5, 5.41) is 11.2. The van der Waals surface area contributed by atoms with E-state index in [1.54, 1.807) is 19.1 Å². The average Bonchev–Trinajstić information content (AvgIpc) is 2.31. The van der Waals surface area contributed by atoms with E-state index in [0.717, 1.165) is 5.56 Å². The van der Waals surface area contributed by atoms with Crippen LogP contribution >= 0.6 is 0 Å². The molecule has 1 aromatic carbocycles. The number of carboxylic acid groups (broad SMARTS) is 1. The Morgan fingerprint density at radius 3 is 2.83 bits per heavy atom. The molecule has 0 radical (unpaired) electrons. The third-order valence-corrected chi connectivity index (χ3v) is 2.73. The molecule has 98 valence electrons. The Morgan fingerprint density at radius 2 is 2.28 bits per heavy atom. The fourth-order valence-corrected chi connectivity index (χ4v) is 1.69. The zero-order chi connectivity index (χ0) is 13.5. The number of rotatable bonds is 7. The summed E-state index contributed by atoms with van der Waals surface area (Å²) < 4.78 is 13.3. The van der Waals surface area contributed by atoms with Gasteiger partial charge in [0.25, 0.3) is 0 Å². The summed E-state index contributed by atoms with van der Waals surface area (Å²) in [6, 6.07) is 4.56. The summed E-state index contributed by atoms with van der Waals surface area (Å²) in [5.74, 6) is -1.21. The van der Waals surface area contributed by atoms with E-state index in [1.165, 1.54) is 6.07 Å². The molecule has 0 aliphatic carbocycles. The molecule has 0 aliphatic heterocycles. The first-order chi connectivity index (χ1) is 8.52. The lowest BCUT2D eigenvalue weighted by Crippen LogP contribution is -2.30. The van der Waals surface area contributed by atoms with Crippen LogP contribution in [0.15, 0.2) is 18.2 Å². The molecule has 0 aromatic heterocycles. The first-order valence-corrected chi connectivity index (χ1v) is 5.69. The van der Waals surface area contributed by atoms with Crippen LogP contribution in [-0.2, 0) is 16.0 Å². The Morgan fingerprint density at radius 1 is 1.56 bits per heavy atom. The van der Waals surface area contributed by atoms with Crippen LogP contribution < -0.4 is 5.32 Å². The number of carbonyl (C=O) groups is 2. The van der Waals surface area contributed by atoms with E-state index >= 15 is 0 Å². The lowest BCUT2D eigenvalue weighted by Gasteiger charge is -2.15. The van der Waals surface area contributed by atoms with Gasteiger partial charge in [0.2, 0.25) is 6.41 Å². The van der Waals surface area contributed by atoms with Crippen LogP contribution in [0, 0.1) is 12.7 Å². The van der Waals surface area contributed by atoms with E-state index in [0.29, 0.717) is 24.8 Å². The minimum atomic E-state index is -0.914. The minimum absolute atomic E-state index is 0.0279. The molecule has 18 heavy (non-hydrogen) atoms. The average molecular weight is 253 g/mol. The molecule has 2 N–H and O–H groups in total. The van der Waals surface area contributed by atoms with Crippen molar-refractivity contribution in [3.05, 3.63) is 35.1 Å². The fourth-order valence-electron chi connectivity index (χ4n) is 1.69. The summed E-state index contributed by atoms with van der Waals surface area (Å²) >= 11 is 0. The Hall–Kier alpha value is -1.91. The van der Waals surface area contributed by atoms with Crippen LogP contribution in [-0.4, -0.2) is 23.5 Å². The number of hydrogen-bond donors (Lipinski definition) is 2. The molecule has 0 saturated heterocycles. The van der Waals surface area contributed by atoms with Crippen molar-refractivity contribution in [1.29, 1.82) is 0 Å². The van der Waals surface area contributed by atoms with Gasteiger partial charge in [-0.1, -0.05) is 12.1 Å². The fraction of sp³-hybridized carbons (Fsp3) is 0.385. The summed E-state index contributed by atoms with van der Waals surface area (Å²) in [6.07, 6.45) is 1.25. The predicted molar refractivity (Wildman–Crippen MR) is 64.7 cm³/mol. The van der Waals surface area contributed by atoms with Crippen molar-refractivity contribution in [3.8, 4) is 0 Å². The van der Waals surface area contributed by atoms with Gasteiger partial charge in [-0.3, -0.25) is 9.59 Å². The molecular formula is C13H16FNO3. The number of nitrogens with one attached hydrogen (secondary N) is 1. The molecule has 0 aliphatic rings. The number of carboxylic acids is 1. The first-order valence-electron chi connectivity index (χ1n) is 5.69. The second-order valence-electron chi connectivity index (χ2n) is 4.20. The lowest BCUT2D eigenvalue weighted by atomic mass is 10.0. The van der Waals surface area contributed by atoms with Gasteiger partial charge in [-0.2, -0.15) is 0 Å². The maximum Gasteiger partial charge on any atom is 0.303 e. The van der Waals surface area contributed by atoms with Crippen molar-refractivity contribution in [2.45, 2.75) is 32.2 Å². The predicted octanol–water partition coefficient (Wildman–Crippen LogP) is 1.66. The molecule has 0 spiro atoms. The van der Waals surface area contributed by atoms with Crippen molar-refractivity contribution in [2.75, 3.05) is 0 Å². The monoisotopic (exact) mass is 253 g/mol. The van der Waals surface area contributed by atoms with Gasteiger partial charge in [-0.25, -0.2) is 4.39 Å². The number of benzene rings is 1. The number of aryl methyl sites for hydroxylation is 1. The van der Waals surface area contributed by atoms with E-state index in [1.807, 2.05) is 0 Å². The third kappa shape index (κ3) is 4.53. The highest BCUT2D eigenvalue weighted by molar-refractivity contribution is 5.66. The number of hydrogen-bond acceptors (Lipinski definition) is 2. The quantitative estimate of drug-likeness (QED) is 0.726. The molecule has 0 bridgehead atoms. The molecule has 0 saturated carbocycles. The van der Waals surface area contributed by atoms with Gasteiger partial charge in [-0.05, 0) is 37.0 Å². The van der Waals surface area contributed by atoms with E-state index in [-0.39, 0.29) is 18.3 Å². The highest BCUT2D eigenvalue weighted by atomic mass is 19.1. The van der Waals surface area contributed by atoms with Crippen molar-refractivity contribution in [2.24, 2.45) is 0 Å². The van der Waals surface area contributed by atoms with Gasteiger partial charge in [0, 0.05) is 12.5 Å². The smallest absolute Gasteiger partial charge is 0.303 e. The van der Waals surface area contributed by atoms with Crippen molar-refractivity contribution < 1.29 is 19.1 Å². The van der Waals surface area contributed by atoms with Gasteiger partial charge < -0.3 is 10.4 Å². The SMILES string of the molecule is Cc1ccc(CC(CCC(=O)O)NC=O)cc1F. The van der Waals surface area contributed by atoms with E-state index in [2.05, 4.69) is 5.32 Å². The van der Waals surface area contributed by atoms with Crippen molar-refractivity contribution in [1.82, 2.24) is 5.32 Å². The molecular weight excluding hydrogens is 237 g/mol. The van der Waals surface area contributed by atoms with Gasteiger partial charge in [-0.15, -0.1) is 0 Å². The van der Waals surface area contributed by atoms with Crippen LogP contribution in [0.2, 0.25) is 0 Å². The lowest BCUT2D eigenvalue weighted by molar-refractivity contribution is -0.137. The molecule has 4 nitrogen and oxygen atoms in total. The number of aliphatic carboxylic acids is 1. The molecule has 1 unspecified atom stereocenters. The van der Waals surface area contributed by atoms with E-state index in [4.69, 9.17) is 5.11 Å². The molecule has 5 heteroatoms. The Kier molecular flexibility index (Phi) is 5.30. The molecule has 1 amide bonds. The Balaban J connectivity index is 2.66. The standard InChI is InChI=1S/C13H16FNO3/c1-9-2-3-10(7-12(9)14)6-11(15-8-16)4-5-13(17)18/h2-3,7-8,11H,4-6H2,1H3,(H,15,16)(H,17,18). The van der Waals surface area contributed by atoms with Gasteiger partial charge in [0.1, 0.15) is 5.82 Å². The maximum absolute atomic E-state index is 13.3. The van der Waals surface area contributed by atoms with Crippen LogP contribution in [0.5, 0.6) is 0 Å². The highest BCUT2D eigenvalue weighted by Crippen LogP contribution is 2.12. The summed E-state index contributed by atoms with van der Waals surface area (Å²) in [6.45, 7) is 1.67. The summed E-state index contributed by atoms with van der Waals surface area (Å²) in [7, 11) is 0. The van der Waals surface area contributed by atoms with Gasteiger partial charge >= 0.3 is 5.97 Å². The number of amides is 1. The second-order valence-corrected chi connectivity index (χ2v) is 4.20. The second kappa shape index (κ2) is 6.74. The topological polar surface area (TPSA) is 66.4 Å². The zero-order valence-electron chi connectivity index (χ0n) is 10.1. The van der Waals surface area contributed by atoms with E-state index in [9.17, 15) is 14.0 Å². The minimum Gasteiger partial charge on any atom is -0.481 e. The van der Waals surface area contributed by atoms with Crippen molar-refractivity contribution >= 4 is 12.4 Å². The Labute approximate surface area is 105 Å². The van der Waals surface area contributed by atoms with E-state index < -0.39 is 5.97 Å². The van der Waals surface area contributed by atoms with Crippen LogP contribution in [0.1, 0.15) is 24.0 Å². The maximum atomic E-state index is 13.3. The zero-order valence-corrected chi connectivity index (χ0v) is 10.1. The molecule has 0 heterocycles. The van der Waals surface area contributed by atoms with Crippen LogP contribution in [0.4, 0.5) is 4.39 Å². The normalized spacial score (nSPS) is 11.9. The molecule has 0 fully saturated rings. The summed E-state index contributed by atoms with van der Waals surface area (Å²) in [4.78, 5) is 20.9. The highest BCUT2D eigenvalue weighted by Gasteiger charge is 2.11. The van der Waals surface area contributed by atoms with Crippen LogP contribution in [0.3, 0.4) is 0 Å². The third-order valence-electron chi connectivity index (χ3n) is 2.73. The first kappa shape index (κ1) is 14.2. The van der Waals surface area contributed by atoms with Crippen molar-refractivity contribution in [3.63, 3.8) is 0 Å². The summed E-state index contributed by atoms with van der Waals surface area (Å²) in [5.41, 5.74) is 1.30. The number of halogens is 1. The van der Waals surface area contributed by atoms with Crippen LogP contribution in [0.25, 0.3) is 0 Å². The number of carbonyl (C=O) groups excluding carboxylic acids is 1. The van der Waals surface area contributed by atoms with Gasteiger partial charge in [0.15, 0.2) is 0 Å². The molecule has 1 aromatic rings. The molecule has 1 rings (SSSR count). The largest absolute Gasteiger partial charge is 0.481 e. The molecule has 1 atom stereocenters. The Bertz CT molecular complexity index is 434.